The predicted molar refractivity (Wildman–Crippen MR) is 70.8 cm³/mol. The molecule has 1 aliphatic rings. The number of carbonyl (C=O) groups excluding carboxylic acids is 1. The second-order valence-electron chi connectivity index (χ2n) is 4.78. The fourth-order valence-corrected chi connectivity index (χ4v) is 2.71. The van der Waals surface area contributed by atoms with Crippen LogP contribution in [0.25, 0.3) is 10.9 Å². The first-order valence-corrected chi connectivity index (χ1v) is 6.47. The van der Waals surface area contributed by atoms with Gasteiger partial charge in [-0.25, -0.2) is 4.79 Å². The average Bonchev–Trinajstić information content (AvgIpc) is 2.82. The maximum atomic E-state index is 11.8. The summed E-state index contributed by atoms with van der Waals surface area (Å²) in [6.07, 6.45) is 4.56. The lowest BCUT2D eigenvalue weighted by Gasteiger charge is -2.10. The van der Waals surface area contributed by atoms with Crippen LogP contribution in [0.1, 0.15) is 34.5 Å². The number of nitriles is 1. The van der Waals surface area contributed by atoms with Crippen molar-refractivity contribution in [3.8, 4) is 6.07 Å². The molecule has 0 bridgehead atoms. The Morgan fingerprint density at radius 3 is 3.05 bits per heavy atom. The minimum absolute atomic E-state index is 0.206. The number of benzene rings is 1. The molecule has 1 N–H and O–H groups in total. The number of aromatic amines is 1. The van der Waals surface area contributed by atoms with Crippen LogP contribution in [0.5, 0.6) is 0 Å². The SMILES string of the molecule is N#CCOC(=O)c1ccc2[nH]c3c(c2c1)CCCC3. The molecule has 4 nitrogen and oxygen atoms in total. The lowest BCUT2D eigenvalue weighted by Crippen LogP contribution is -2.05. The van der Waals surface area contributed by atoms with Crippen molar-refractivity contribution >= 4 is 16.9 Å². The highest BCUT2D eigenvalue weighted by Gasteiger charge is 2.17. The number of H-pyrrole nitrogens is 1. The molecule has 96 valence electrons. The molecular weight excluding hydrogens is 240 g/mol. The highest BCUT2D eigenvalue weighted by Crippen LogP contribution is 2.29. The first-order valence-electron chi connectivity index (χ1n) is 6.47. The largest absolute Gasteiger partial charge is 0.447 e. The number of ether oxygens (including phenoxy) is 1. The third-order valence-corrected chi connectivity index (χ3v) is 3.60. The molecular formula is C15H14N2O2. The quantitative estimate of drug-likeness (QED) is 0.838. The van der Waals surface area contributed by atoms with Gasteiger partial charge in [-0.2, -0.15) is 5.26 Å². The molecule has 1 aliphatic carbocycles. The Balaban J connectivity index is 2.00. The molecule has 0 fully saturated rings. The molecule has 0 aliphatic heterocycles. The lowest BCUT2D eigenvalue weighted by atomic mass is 9.95. The third-order valence-electron chi connectivity index (χ3n) is 3.60. The molecule has 0 amide bonds. The Morgan fingerprint density at radius 1 is 1.37 bits per heavy atom. The van der Waals surface area contributed by atoms with Gasteiger partial charge in [0.15, 0.2) is 6.61 Å². The Labute approximate surface area is 111 Å². The molecule has 0 saturated heterocycles. The van der Waals surface area contributed by atoms with Gasteiger partial charge in [0.2, 0.25) is 0 Å². The van der Waals surface area contributed by atoms with Crippen LogP contribution < -0.4 is 0 Å². The highest BCUT2D eigenvalue weighted by molar-refractivity contribution is 5.96. The smallest absolute Gasteiger partial charge is 0.339 e. The summed E-state index contributed by atoms with van der Waals surface area (Å²) in [6, 6.07) is 7.33. The number of hydrogen-bond donors (Lipinski definition) is 1. The Kier molecular flexibility index (Phi) is 2.96. The maximum absolute atomic E-state index is 11.8. The zero-order chi connectivity index (χ0) is 13.2. The summed E-state index contributed by atoms with van der Waals surface area (Å²) in [4.78, 5) is 15.2. The molecule has 0 radical (unpaired) electrons. The fourth-order valence-electron chi connectivity index (χ4n) is 2.71. The van der Waals surface area contributed by atoms with Gasteiger partial charge in [-0.1, -0.05) is 0 Å². The number of aromatic nitrogens is 1. The second-order valence-corrected chi connectivity index (χ2v) is 4.78. The number of carbonyl (C=O) groups is 1. The van der Waals surface area contributed by atoms with Crippen molar-refractivity contribution in [2.45, 2.75) is 25.7 Å². The minimum Gasteiger partial charge on any atom is -0.447 e. The van der Waals surface area contributed by atoms with Crippen molar-refractivity contribution in [2.24, 2.45) is 0 Å². The number of nitrogens with zero attached hydrogens (tertiary/aromatic N) is 1. The molecule has 1 heterocycles. The summed E-state index contributed by atoms with van der Waals surface area (Å²) < 4.78 is 4.84. The first-order chi connectivity index (χ1) is 9.29. The average molecular weight is 254 g/mol. The van der Waals surface area contributed by atoms with E-state index in [0.717, 1.165) is 23.7 Å². The van der Waals surface area contributed by atoms with Crippen molar-refractivity contribution < 1.29 is 9.53 Å². The van der Waals surface area contributed by atoms with Gasteiger partial charge in [-0.3, -0.25) is 0 Å². The summed E-state index contributed by atoms with van der Waals surface area (Å²) in [6.45, 7) is -0.206. The van der Waals surface area contributed by atoms with Crippen LogP contribution in [-0.2, 0) is 17.6 Å². The van der Waals surface area contributed by atoms with E-state index in [2.05, 4.69) is 4.98 Å². The number of nitrogens with one attached hydrogen (secondary N) is 1. The van der Waals surface area contributed by atoms with Gasteiger partial charge in [0.25, 0.3) is 0 Å². The van der Waals surface area contributed by atoms with E-state index < -0.39 is 5.97 Å². The summed E-state index contributed by atoms with van der Waals surface area (Å²) in [5, 5.41) is 9.54. The molecule has 19 heavy (non-hydrogen) atoms. The van der Waals surface area contributed by atoms with Crippen LogP contribution in [0, 0.1) is 11.3 Å². The van der Waals surface area contributed by atoms with Crippen LogP contribution in [0.3, 0.4) is 0 Å². The van der Waals surface area contributed by atoms with E-state index >= 15 is 0 Å². The maximum Gasteiger partial charge on any atom is 0.339 e. The van der Waals surface area contributed by atoms with Gasteiger partial charge in [0.05, 0.1) is 5.56 Å². The Morgan fingerprint density at radius 2 is 2.21 bits per heavy atom. The number of rotatable bonds is 2. The van der Waals surface area contributed by atoms with Gasteiger partial charge in [-0.05, 0) is 49.4 Å². The molecule has 4 heteroatoms. The molecule has 0 saturated carbocycles. The van der Waals surface area contributed by atoms with Gasteiger partial charge >= 0.3 is 5.97 Å². The number of esters is 1. The molecule has 1 aromatic carbocycles. The number of fused-ring (bicyclic) bond motifs is 3. The van der Waals surface area contributed by atoms with Gasteiger partial charge in [-0.15, -0.1) is 0 Å². The van der Waals surface area contributed by atoms with Crippen molar-refractivity contribution in [2.75, 3.05) is 6.61 Å². The van der Waals surface area contributed by atoms with E-state index in [1.54, 1.807) is 12.1 Å². The van der Waals surface area contributed by atoms with Crippen LogP contribution >= 0.6 is 0 Å². The standard InChI is InChI=1S/C15H14N2O2/c16-7-8-19-15(18)10-5-6-14-12(9-10)11-3-1-2-4-13(11)17-14/h5-6,9,17H,1-4,8H2. The summed E-state index contributed by atoms with van der Waals surface area (Å²) in [7, 11) is 0. The number of hydrogen-bond acceptors (Lipinski definition) is 3. The van der Waals surface area contributed by atoms with E-state index in [1.807, 2.05) is 12.1 Å². The van der Waals surface area contributed by atoms with Crippen molar-refractivity contribution in [1.29, 1.82) is 5.26 Å². The topological polar surface area (TPSA) is 65.9 Å². The summed E-state index contributed by atoms with van der Waals surface area (Å²) in [5.41, 5.74) is 4.21. The van der Waals surface area contributed by atoms with Crippen LogP contribution in [-0.4, -0.2) is 17.6 Å². The van der Waals surface area contributed by atoms with E-state index in [1.165, 1.54) is 24.1 Å². The molecule has 0 atom stereocenters. The molecule has 0 unspecified atom stereocenters. The first kappa shape index (κ1) is 11.8. The van der Waals surface area contributed by atoms with Crippen LogP contribution in [0.2, 0.25) is 0 Å². The van der Waals surface area contributed by atoms with Crippen molar-refractivity contribution in [3.05, 3.63) is 35.0 Å². The fraction of sp³-hybridized carbons (Fsp3) is 0.333. The van der Waals surface area contributed by atoms with E-state index in [9.17, 15) is 4.79 Å². The lowest BCUT2D eigenvalue weighted by molar-refractivity contribution is 0.0555. The monoisotopic (exact) mass is 254 g/mol. The van der Waals surface area contributed by atoms with E-state index in [0.29, 0.717) is 5.56 Å². The summed E-state index contributed by atoms with van der Waals surface area (Å²) in [5.74, 6) is -0.436. The summed E-state index contributed by atoms with van der Waals surface area (Å²) >= 11 is 0. The van der Waals surface area contributed by atoms with E-state index in [-0.39, 0.29) is 6.61 Å². The third kappa shape index (κ3) is 2.08. The molecule has 0 spiro atoms. The Hall–Kier alpha value is -2.28. The van der Waals surface area contributed by atoms with Gasteiger partial charge in [0.1, 0.15) is 6.07 Å². The Bertz CT molecular complexity index is 679. The predicted octanol–water partition coefficient (Wildman–Crippen LogP) is 2.73. The normalized spacial score (nSPS) is 13.8. The molecule has 3 rings (SSSR count). The van der Waals surface area contributed by atoms with Crippen molar-refractivity contribution in [3.63, 3.8) is 0 Å². The molecule has 2 aromatic rings. The van der Waals surface area contributed by atoms with Crippen LogP contribution in [0.15, 0.2) is 18.2 Å². The van der Waals surface area contributed by atoms with Crippen molar-refractivity contribution in [1.82, 2.24) is 4.98 Å². The minimum atomic E-state index is -0.436. The van der Waals surface area contributed by atoms with Gasteiger partial charge < -0.3 is 9.72 Å². The zero-order valence-corrected chi connectivity index (χ0v) is 10.5. The highest BCUT2D eigenvalue weighted by atomic mass is 16.5. The number of aryl methyl sites for hydroxylation is 2. The zero-order valence-electron chi connectivity index (χ0n) is 10.5. The second kappa shape index (κ2) is 4.77. The van der Waals surface area contributed by atoms with Crippen LogP contribution in [0.4, 0.5) is 0 Å². The van der Waals surface area contributed by atoms with Gasteiger partial charge in [0, 0.05) is 16.6 Å². The van der Waals surface area contributed by atoms with E-state index in [4.69, 9.17) is 10.00 Å². The molecule has 1 aromatic heterocycles.